The Kier molecular flexibility index (Phi) is 2.83. The summed E-state index contributed by atoms with van der Waals surface area (Å²) in [5.41, 5.74) is 0. The van der Waals surface area contributed by atoms with Crippen LogP contribution in [0.5, 0.6) is 0 Å². The third-order valence-corrected chi connectivity index (χ3v) is 1.68. The first-order chi connectivity index (χ1) is 5.22. The number of ether oxygens (including phenoxy) is 1. The predicted molar refractivity (Wildman–Crippen MR) is 36.4 cm³/mol. The first kappa shape index (κ1) is 8.47. The van der Waals surface area contributed by atoms with Gasteiger partial charge in [0, 0.05) is 12.8 Å². The molecule has 4 nitrogen and oxygen atoms in total. The molecule has 0 radical (unpaired) electrons. The summed E-state index contributed by atoms with van der Waals surface area (Å²) in [6, 6.07) is 1.93. The summed E-state index contributed by atoms with van der Waals surface area (Å²) in [5.74, 6) is 0. The molecule has 1 rings (SSSR count). The van der Waals surface area contributed by atoms with Gasteiger partial charge in [0.1, 0.15) is 0 Å². The highest BCUT2D eigenvalue weighted by Crippen LogP contribution is 2.19. The molecule has 3 atom stereocenters. The van der Waals surface area contributed by atoms with Crippen molar-refractivity contribution in [3.8, 4) is 6.07 Å². The van der Waals surface area contributed by atoms with Crippen LogP contribution in [0.1, 0.15) is 19.3 Å². The van der Waals surface area contributed by atoms with Crippen molar-refractivity contribution >= 4 is 0 Å². The van der Waals surface area contributed by atoms with E-state index in [9.17, 15) is 0 Å². The van der Waals surface area contributed by atoms with Gasteiger partial charge < -0.3 is 14.9 Å². The molecule has 0 aliphatic carbocycles. The lowest BCUT2D eigenvalue weighted by molar-refractivity contribution is -0.187. The second kappa shape index (κ2) is 3.67. The molecule has 1 fully saturated rings. The van der Waals surface area contributed by atoms with Crippen LogP contribution in [0.15, 0.2) is 0 Å². The van der Waals surface area contributed by atoms with Gasteiger partial charge in [0.25, 0.3) is 0 Å². The van der Waals surface area contributed by atoms with Crippen molar-refractivity contribution in [3.63, 3.8) is 0 Å². The minimum Gasteiger partial charge on any atom is -0.393 e. The topological polar surface area (TPSA) is 73.5 Å². The van der Waals surface area contributed by atoms with Gasteiger partial charge in [0.05, 0.1) is 24.7 Å². The van der Waals surface area contributed by atoms with Crippen molar-refractivity contribution in [2.24, 2.45) is 0 Å². The maximum absolute atomic E-state index is 9.13. The molecule has 1 aliphatic rings. The Labute approximate surface area is 65.0 Å². The molecule has 0 saturated carbocycles. The lowest BCUT2D eigenvalue weighted by atomic mass is 10.0. The molecule has 2 N–H and O–H groups in total. The number of aliphatic hydroxyl groups is 2. The van der Waals surface area contributed by atoms with E-state index in [1.54, 1.807) is 0 Å². The van der Waals surface area contributed by atoms with E-state index in [2.05, 4.69) is 0 Å². The summed E-state index contributed by atoms with van der Waals surface area (Å²) >= 11 is 0. The highest BCUT2D eigenvalue weighted by Gasteiger charge is 2.26. The van der Waals surface area contributed by atoms with Crippen molar-refractivity contribution in [1.82, 2.24) is 0 Å². The molecule has 0 aromatic carbocycles. The molecule has 1 heterocycles. The zero-order valence-electron chi connectivity index (χ0n) is 6.10. The Morgan fingerprint density at radius 1 is 1.45 bits per heavy atom. The van der Waals surface area contributed by atoms with E-state index in [0.717, 1.165) is 0 Å². The first-order valence-electron chi connectivity index (χ1n) is 3.61. The Morgan fingerprint density at radius 2 is 2.18 bits per heavy atom. The lowest BCUT2D eigenvalue weighted by Crippen LogP contribution is -2.35. The smallest absolute Gasteiger partial charge is 0.157 e. The van der Waals surface area contributed by atoms with Crippen molar-refractivity contribution in [2.45, 2.75) is 37.8 Å². The average Bonchev–Trinajstić information content (AvgIpc) is 1.85. The van der Waals surface area contributed by atoms with Crippen LogP contribution in [0.25, 0.3) is 0 Å². The molecular weight excluding hydrogens is 146 g/mol. The second-order valence-electron chi connectivity index (χ2n) is 2.70. The zero-order chi connectivity index (χ0) is 8.27. The zero-order valence-corrected chi connectivity index (χ0v) is 6.10. The van der Waals surface area contributed by atoms with Crippen LogP contribution >= 0.6 is 0 Å². The number of rotatable bonds is 1. The van der Waals surface area contributed by atoms with E-state index in [4.69, 9.17) is 20.2 Å². The van der Waals surface area contributed by atoms with Gasteiger partial charge in [-0.3, -0.25) is 0 Å². The maximum Gasteiger partial charge on any atom is 0.157 e. The quantitative estimate of drug-likeness (QED) is 0.551. The largest absolute Gasteiger partial charge is 0.393 e. The molecule has 0 spiro atoms. The molecule has 11 heavy (non-hydrogen) atoms. The Morgan fingerprint density at radius 3 is 2.73 bits per heavy atom. The summed E-state index contributed by atoms with van der Waals surface area (Å²) in [7, 11) is 0. The summed E-state index contributed by atoms with van der Waals surface area (Å²) < 4.78 is 4.97. The number of aliphatic hydroxyl groups excluding tert-OH is 2. The summed E-state index contributed by atoms with van der Waals surface area (Å²) in [5, 5.41) is 26.4. The molecular formula is C7H11NO3. The van der Waals surface area contributed by atoms with Crippen molar-refractivity contribution < 1.29 is 14.9 Å². The normalized spacial score (nSPS) is 38.1. The fourth-order valence-electron chi connectivity index (χ4n) is 1.20. The number of nitriles is 1. The highest BCUT2D eigenvalue weighted by atomic mass is 16.6. The van der Waals surface area contributed by atoms with Gasteiger partial charge in [0.2, 0.25) is 0 Å². The van der Waals surface area contributed by atoms with E-state index < -0.39 is 12.4 Å². The standard InChI is InChI=1S/C7H11NO3/c8-2-1-6-3-5(9)4-7(10)11-6/h5-7,9-10H,1,3-4H2/t5-,6-,7?/m1/s1. The number of hydrogen-bond acceptors (Lipinski definition) is 4. The fraction of sp³-hybridized carbons (Fsp3) is 0.857. The summed E-state index contributed by atoms with van der Waals surface area (Å²) in [6.07, 6.45) is -0.811. The van der Waals surface area contributed by atoms with Gasteiger partial charge in [-0.15, -0.1) is 0 Å². The maximum atomic E-state index is 9.13. The van der Waals surface area contributed by atoms with Crippen LogP contribution in [-0.2, 0) is 4.74 Å². The van der Waals surface area contributed by atoms with Crippen LogP contribution < -0.4 is 0 Å². The molecule has 0 aromatic rings. The Balaban J connectivity index is 2.38. The third kappa shape index (κ3) is 2.46. The molecule has 4 heteroatoms. The second-order valence-corrected chi connectivity index (χ2v) is 2.70. The van der Waals surface area contributed by atoms with Crippen LogP contribution in [0.2, 0.25) is 0 Å². The third-order valence-electron chi connectivity index (χ3n) is 1.68. The SMILES string of the molecule is N#CC[C@@H]1C[C@@H](O)CC(O)O1. The minimum absolute atomic E-state index is 0.230. The van der Waals surface area contributed by atoms with Crippen LogP contribution in [0.3, 0.4) is 0 Å². The number of nitrogens with zero attached hydrogens (tertiary/aromatic N) is 1. The average molecular weight is 157 g/mol. The molecule has 0 amide bonds. The van der Waals surface area contributed by atoms with Gasteiger partial charge in [-0.2, -0.15) is 5.26 Å². The molecule has 0 aromatic heterocycles. The molecule has 62 valence electrons. The first-order valence-corrected chi connectivity index (χ1v) is 3.61. The molecule has 1 saturated heterocycles. The summed E-state index contributed by atoms with van der Waals surface area (Å²) in [6.45, 7) is 0. The van der Waals surface area contributed by atoms with Gasteiger partial charge in [-0.25, -0.2) is 0 Å². The fourth-order valence-corrected chi connectivity index (χ4v) is 1.20. The van der Waals surface area contributed by atoms with E-state index in [0.29, 0.717) is 6.42 Å². The molecule has 0 bridgehead atoms. The minimum atomic E-state index is -0.905. The van der Waals surface area contributed by atoms with Crippen molar-refractivity contribution in [2.75, 3.05) is 0 Å². The summed E-state index contributed by atoms with van der Waals surface area (Å²) in [4.78, 5) is 0. The molecule has 1 unspecified atom stereocenters. The molecule has 1 aliphatic heterocycles. The van der Waals surface area contributed by atoms with Crippen molar-refractivity contribution in [1.29, 1.82) is 5.26 Å². The van der Waals surface area contributed by atoms with E-state index in [1.807, 2.05) is 6.07 Å². The number of hydrogen-bond donors (Lipinski definition) is 2. The van der Waals surface area contributed by atoms with Crippen LogP contribution in [-0.4, -0.2) is 28.7 Å². The van der Waals surface area contributed by atoms with E-state index >= 15 is 0 Å². The van der Waals surface area contributed by atoms with Gasteiger partial charge in [0.15, 0.2) is 6.29 Å². The predicted octanol–water partition coefficient (Wildman–Crippen LogP) is -0.242. The monoisotopic (exact) mass is 157 g/mol. The lowest BCUT2D eigenvalue weighted by Gasteiger charge is -2.28. The van der Waals surface area contributed by atoms with Gasteiger partial charge in [-0.05, 0) is 0 Å². The van der Waals surface area contributed by atoms with Crippen molar-refractivity contribution in [3.05, 3.63) is 0 Å². The van der Waals surface area contributed by atoms with Gasteiger partial charge in [-0.1, -0.05) is 0 Å². The Bertz CT molecular complexity index is 156. The van der Waals surface area contributed by atoms with Crippen LogP contribution in [0, 0.1) is 11.3 Å². The Hall–Kier alpha value is -0.630. The van der Waals surface area contributed by atoms with E-state index in [-0.39, 0.29) is 18.9 Å². The van der Waals surface area contributed by atoms with Gasteiger partial charge >= 0.3 is 0 Å². The van der Waals surface area contributed by atoms with Crippen LogP contribution in [0.4, 0.5) is 0 Å². The van der Waals surface area contributed by atoms with E-state index in [1.165, 1.54) is 0 Å². The highest BCUT2D eigenvalue weighted by molar-refractivity contribution is 4.81.